The molecule has 26 heavy (non-hydrogen) atoms. The predicted octanol–water partition coefficient (Wildman–Crippen LogP) is 3.26. The molecule has 0 heterocycles. The fourth-order valence-electron chi connectivity index (χ4n) is 2.22. The van der Waals surface area contributed by atoms with Crippen LogP contribution in [-0.4, -0.2) is 24.1 Å². The topological polar surface area (TPSA) is 79.8 Å². The molecule has 6 heteroatoms. The van der Waals surface area contributed by atoms with Gasteiger partial charge in [0.2, 0.25) is 11.8 Å². The number of rotatable bonds is 7. The van der Waals surface area contributed by atoms with Crippen LogP contribution >= 0.6 is 0 Å². The third-order valence-corrected chi connectivity index (χ3v) is 3.41. The minimum atomic E-state index is -0.491. The van der Waals surface area contributed by atoms with E-state index in [1.807, 2.05) is 63.2 Å². The van der Waals surface area contributed by atoms with Gasteiger partial charge >= 0.3 is 0 Å². The van der Waals surface area contributed by atoms with Crippen LogP contribution in [0.1, 0.15) is 31.4 Å². The summed E-state index contributed by atoms with van der Waals surface area (Å²) in [7, 11) is 0. The van der Waals surface area contributed by atoms with Crippen molar-refractivity contribution in [3.05, 3.63) is 59.7 Å². The average molecular weight is 353 g/mol. The fourth-order valence-corrected chi connectivity index (χ4v) is 2.22. The molecule has 2 rings (SSSR count). The first-order valence-corrected chi connectivity index (χ1v) is 8.39. The second-order valence-electron chi connectivity index (χ2n) is 6.04. The molecule has 0 aliphatic heterocycles. The van der Waals surface area contributed by atoms with E-state index in [1.165, 1.54) is 6.21 Å². The Morgan fingerprint density at radius 3 is 2.50 bits per heavy atom. The van der Waals surface area contributed by atoms with Gasteiger partial charge in [-0.25, -0.2) is 5.43 Å². The molecule has 0 aromatic heterocycles. The maximum absolute atomic E-state index is 11.9. The van der Waals surface area contributed by atoms with E-state index in [1.54, 1.807) is 6.07 Å². The van der Waals surface area contributed by atoms with Crippen molar-refractivity contribution in [2.45, 2.75) is 33.3 Å². The molecule has 0 radical (unpaired) electrons. The maximum Gasteiger partial charge on any atom is 0.249 e. The van der Waals surface area contributed by atoms with E-state index in [9.17, 15) is 9.59 Å². The number of aryl methyl sites for hydroxylation is 1. The minimum absolute atomic E-state index is 0.0317. The number of hydrogen-bond donors (Lipinski definition) is 2. The Kier molecular flexibility index (Phi) is 6.91. The molecule has 0 aliphatic carbocycles. The number of para-hydroxylation sites is 2. The molecule has 2 aromatic rings. The maximum atomic E-state index is 11.9. The highest BCUT2D eigenvalue weighted by molar-refractivity contribution is 6.04. The number of nitrogens with one attached hydrogen (secondary N) is 2. The van der Waals surface area contributed by atoms with Crippen molar-refractivity contribution in [1.29, 1.82) is 0 Å². The number of hydrazone groups is 1. The smallest absolute Gasteiger partial charge is 0.249 e. The molecular weight excluding hydrogens is 330 g/mol. The highest BCUT2D eigenvalue weighted by atomic mass is 16.5. The quantitative estimate of drug-likeness (QED) is 0.455. The number of carbonyl (C=O) groups excluding carboxylic acids is 2. The van der Waals surface area contributed by atoms with Crippen molar-refractivity contribution in [3.63, 3.8) is 0 Å². The lowest BCUT2D eigenvalue weighted by Crippen LogP contribution is -2.24. The molecule has 2 aromatic carbocycles. The third kappa shape index (κ3) is 6.05. The highest BCUT2D eigenvalue weighted by Gasteiger charge is 2.10. The minimum Gasteiger partial charge on any atom is -0.490 e. The van der Waals surface area contributed by atoms with E-state index in [0.29, 0.717) is 11.4 Å². The summed E-state index contributed by atoms with van der Waals surface area (Å²) in [5, 5.41) is 6.61. The summed E-state index contributed by atoms with van der Waals surface area (Å²) in [5.41, 5.74) is 4.72. The average Bonchev–Trinajstić information content (AvgIpc) is 2.58. The lowest BCUT2D eigenvalue weighted by atomic mass is 10.2. The summed E-state index contributed by atoms with van der Waals surface area (Å²) in [6.07, 6.45) is 1.22. The molecular formula is C20H23N3O3. The van der Waals surface area contributed by atoms with E-state index >= 15 is 0 Å². The SMILES string of the molecule is Cc1ccccc1NC(=O)CC(=O)NN=Cc1ccccc1OC(C)C. The summed E-state index contributed by atoms with van der Waals surface area (Å²) >= 11 is 0. The van der Waals surface area contributed by atoms with E-state index in [0.717, 1.165) is 11.1 Å². The molecule has 0 unspecified atom stereocenters. The van der Waals surface area contributed by atoms with Crippen molar-refractivity contribution >= 4 is 23.7 Å². The molecule has 0 bridgehead atoms. The normalized spacial score (nSPS) is 10.8. The van der Waals surface area contributed by atoms with Crippen LogP contribution in [0.5, 0.6) is 5.75 Å². The first-order chi connectivity index (χ1) is 12.5. The number of amides is 2. The van der Waals surface area contributed by atoms with E-state index < -0.39 is 11.8 Å². The summed E-state index contributed by atoms with van der Waals surface area (Å²) in [6.45, 7) is 5.75. The van der Waals surface area contributed by atoms with E-state index in [4.69, 9.17) is 4.74 Å². The van der Waals surface area contributed by atoms with Crippen LogP contribution in [0.25, 0.3) is 0 Å². The van der Waals surface area contributed by atoms with Gasteiger partial charge in [0.25, 0.3) is 0 Å². The lowest BCUT2D eigenvalue weighted by molar-refractivity contribution is -0.126. The first-order valence-electron chi connectivity index (χ1n) is 8.39. The lowest BCUT2D eigenvalue weighted by Gasteiger charge is -2.11. The van der Waals surface area contributed by atoms with Gasteiger partial charge in [-0.1, -0.05) is 30.3 Å². The molecule has 0 saturated carbocycles. The Balaban J connectivity index is 1.88. The number of ether oxygens (including phenoxy) is 1. The molecule has 0 spiro atoms. The van der Waals surface area contributed by atoms with E-state index in [2.05, 4.69) is 15.8 Å². The second-order valence-corrected chi connectivity index (χ2v) is 6.04. The summed E-state index contributed by atoms with van der Waals surface area (Å²) < 4.78 is 5.68. The third-order valence-electron chi connectivity index (χ3n) is 3.41. The Bertz CT molecular complexity index is 800. The van der Waals surface area contributed by atoms with Gasteiger partial charge in [-0.3, -0.25) is 9.59 Å². The van der Waals surface area contributed by atoms with Crippen LogP contribution in [0, 0.1) is 6.92 Å². The number of anilines is 1. The van der Waals surface area contributed by atoms with Crippen molar-refractivity contribution in [2.24, 2.45) is 5.10 Å². The molecule has 0 atom stereocenters. The number of carbonyl (C=O) groups is 2. The van der Waals surface area contributed by atoms with E-state index in [-0.39, 0.29) is 12.5 Å². The fraction of sp³-hybridized carbons (Fsp3) is 0.250. The van der Waals surface area contributed by atoms with Crippen molar-refractivity contribution in [1.82, 2.24) is 5.43 Å². The summed E-state index contributed by atoms with van der Waals surface area (Å²) in [6, 6.07) is 14.8. The second kappa shape index (κ2) is 9.36. The van der Waals surface area contributed by atoms with Crippen LogP contribution < -0.4 is 15.5 Å². The molecule has 136 valence electrons. The number of hydrogen-bond acceptors (Lipinski definition) is 4. The zero-order valence-electron chi connectivity index (χ0n) is 15.2. The number of nitrogens with zero attached hydrogens (tertiary/aromatic N) is 1. The Labute approximate surface area is 153 Å². The first kappa shape index (κ1) is 19.2. The van der Waals surface area contributed by atoms with Gasteiger partial charge in [0.05, 0.1) is 12.3 Å². The van der Waals surface area contributed by atoms with Gasteiger partial charge in [0, 0.05) is 11.3 Å². The molecule has 0 aliphatic rings. The van der Waals surface area contributed by atoms with Crippen molar-refractivity contribution in [3.8, 4) is 5.75 Å². The predicted molar refractivity (Wildman–Crippen MR) is 102 cm³/mol. The van der Waals surface area contributed by atoms with Crippen LogP contribution in [0.3, 0.4) is 0 Å². The summed E-state index contributed by atoms with van der Waals surface area (Å²) in [4.78, 5) is 23.8. The Morgan fingerprint density at radius 2 is 1.77 bits per heavy atom. The highest BCUT2D eigenvalue weighted by Crippen LogP contribution is 2.17. The molecule has 2 amide bonds. The largest absolute Gasteiger partial charge is 0.490 e. The van der Waals surface area contributed by atoms with Gasteiger partial charge < -0.3 is 10.1 Å². The molecule has 0 fully saturated rings. The molecule has 6 nitrogen and oxygen atoms in total. The monoisotopic (exact) mass is 353 g/mol. The van der Waals surface area contributed by atoms with Crippen molar-refractivity contribution in [2.75, 3.05) is 5.32 Å². The Hall–Kier alpha value is -3.15. The molecule has 0 saturated heterocycles. The van der Waals surface area contributed by atoms with Gasteiger partial charge in [-0.15, -0.1) is 0 Å². The Morgan fingerprint density at radius 1 is 1.08 bits per heavy atom. The van der Waals surface area contributed by atoms with Gasteiger partial charge in [-0.2, -0.15) is 5.10 Å². The zero-order chi connectivity index (χ0) is 18.9. The van der Waals surface area contributed by atoms with Crippen LogP contribution in [0.2, 0.25) is 0 Å². The van der Waals surface area contributed by atoms with Crippen molar-refractivity contribution < 1.29 is 14.3 Å². The van der Waals surface area contributed by atoms with Gasteiger partial charge in [-0.05, 0) is 44.5 Å². The van der Waals surface area contributed by atoms with Crippen LogP contribution in [-0.2, 0) is 9.59 Å². The standard InChI is InChI=1S/C20H23N3O3/c1-14(2)26-18-11-7-5-9-16(18)13-21-23-20(25)12-19(24)22-17-10-6-4-8-15(17)3/h4-11,13-14H,12H2,1-3H3,(H,22,24)(H,23,25). The number of benzene rings is 2. The van der Waals surface area contributed by atoms with Crippen LogP contribution in [0.15, 0.2) is 53.6 Å². The van der Waals surface area contributed by atoms with Crippen LogP contribution in [0.4, 0.5) is 5.69 Å². The summed E-state index contributed by atoms with van der Waals surface area (Å²) in [5.74, 6) is -0.206. The zero-order valence-corrected chi connectivity index (χ0v) is 15.2. The van der Waals surface area contributed by atoms with Gasteiger partial charge in [0.1, 0.15) is 12.2 Å². The molecule has 2 N–H and O–H groups in total. The van der Waals surface area contributed by atoms with Gasteiger partial charge in [0.15, 0.2) is 0 Å².